The number of aromatic nitrogens is 2. The minimum atomic E-state index is -0.255. The Hall–Kier alpha value is -3.46. The molecule has 1 fully saturated rings. The van der Waals surface area contributed by atoms with E-state index in [2.05, 4.69) is 42.6 Å². The predicted molar refractivity (Wildman–Crippen MR) is 144 cm³/mol. The van der Waals surface area contributed by atoms with Crippen molar-refractivity contribution in [2.45, 2.75) is 58.3 Å². The number of piperidine rings is 1. The van der Waals surface area contributed by atoms with E-state index in [1.54, 1.807) is 24.3 Å². The number of hydrogen-bond donors (Lipinski definition) is 2. The van der Waals surface area contributed by atoms with E-state index in [4.69, 9.17) is 10.2 Å². The second-order valence-corrected chi connectivity index (χ2v) is 10.8. The summed E-state index contributed by atoms with van der Waals surface area (Å²) < 4.78 is 5.72. The highest BCUT2D eigenvalue weighted by molar-refractivity contribution is 7.15. The largest absolute Gasteiger partial charge is 0.445 e. The number of carbonyl (C=O) groups excluding carboxylic acids is 2. The fraction of sp³-hybridized carbons (Fsp3) is 0.407. The lowest BCUT2D eigenvalue weighted by atomic mass is 9.94. The first-order chi connectivity index (χ1) is 17.2. The van der Waals surface area contributed by atoms with Gasteiger partial charge < -0.3 is 20.4 Å². The molecule has 3 heterocycles. The third kappa shape index (κ3) is 8.05. The zero-order chi connectivity index (χ0) is 26.1. The Labute approximate surface area is 216 Å². The van der Waals surface area contributed by atoms with Crippen LogP contribution >= 0.6 is 11.3 Å². The van der Waals surface area contributed by atoms with Gasteiger partial charge in [0.1, 0.15) is 5.76 Å². The van der Waals surface area contributed by atoms with Crippen LogP contribution in [0.5, 0.6) is 0 Å². The summed E-state index contributed by atoms with van der Waals surface area (Å²) in [6.45, 7) is 11.4. The number of oxazole rings is 1. The van der Waals surface area contributed by atoms with Crippen LogP contribution in [0.1, 0.15) is 66.9 Å². The number of thiazole rings is 1. The molecule has 0 bridgehead atoms. The first kappa shape index (κ1) is 27.1. The van der Waals surface area contributed by atoms with E-state index in [9.17, 15) is 9.59 Å². The summed E-state index contributed by atoms with van der Waals surface area (Å²) in [5, 5.41) is 3.27. The highest BCUT2D eigenvalue weighted by Crippen LogP contribution is 2.24. The SMILES string of the molecule is C=CC(=O)Nc1ccc(C(=O)N2CCCCC2)cc1.CC(C)(C)c1cnc(CCc2cnc(N)s2)o1. The van der Waals surface area contributed by atoms with Gasteiger partial charge in [-0.1, -0.05) is 27.4 Å². The summed E-state index contributed by atoms with van der Waals surface area (Å²) in [6, 6.07) is 6.96. The Balaban J connectivity index is 0.000000202. The van der Waals surface area contributed by atoms with Crippen molar-refractivity contribution >= 4 is 34.0 Å². The van der Waals surface area contributed by atoms with E-state index >= 15 is 0 Å². The number of nitrogens with one attached hydrogen (secondary N) is 1. The van der Waals surface area contributed by atoms with Crippen LogP contribution in [0.15, 0.2) is 53.7 Å². The van der Waals surface area contributed by atoms with Crippen molar-refractivity contribution in [3.05, 3.63) is 71.4 Å². The van der Waals surface area contributed by atoms with Crippen LogP contribution in [-0.4, -0.2) is 39.8 Å². The van der Waals surface area contributed by atoms with Crippen molar-refractivity contribution in [2.75, 3.05) is 24.1 Å². The Bertz CT molecular complexity index is 1150. The normalized spacial score (nSPS) is 13.5. The number of benzene rings is 1. The van der Waals surface area contributed by atoms with Crippen molar-refractivity contribution in [3.63, 3.8) is 0 Å². The number of nitrogens with two attached hydrogens (primary N) is 1. The van der Waals surface area contributed by atoms with E-state index in [0.29, 0.717) is 16.4 Å². The number of nitrogen functional groups attached to an aromatic ring is 1. The monoisotopic (exact) mass is 509 g/mol. The van der Waals surface area contributed by atoms with Crippen LogP contribution in [0, 0.1) is 0 Å². The Morgan fingerprint density at radius 1 is 1.11 bits per heavy atom. The fourth-order valence-electron chi connectivity index (χ4n) is 3.61. The first-order valence-electron chi connectivity index (χ1n) is 12.1. The lowest BCUT2D eigenvalue weighted by Gasteiger charge is -2.26. The maximum absolute atomic E-state index is 12.2. The number of aryl methyl sites for hydroxylation is 2. The van der Waals surface area contributed by atoms with Crippen molar-refractivity contribution in [1.82, 2.24) is 14.9 Å². The molecular weight excluding hydrogens is 474 g/mol. The van der Waals surface area contributed by atoms with Gasteiger partial charge in [0.2, 0.25) is 5.91 Å². The number of nitrogens with zero attached hydrogens (tertiary/aromatic N) is 3. The van der Waals surface area contributed by atoms with Gasteiger partial charge in [0.05, 0.1) is 6.20 Å². The Morgan fingerprint density at radius 3 is 2.36 bits per heavy atom. The smallest absolute Gasteiger partial charge is 0.253 e. The first-order valence-corrected chi connectivity index (χ1v) is 13.0. The average Bonchev–Trinajstić information content (AvgIpc) is 3.52. The number of carbonyl (C=O) groups is 2. The van der Waals surface area contributed by atoms with Gasteiger partial charge in [-0.25, -0.2) is 9.97 Å². The van der Waals surface area contributed by atoms with Gasteiger partial charge in [-0.05, 0) is 56.0 Å². The topological polar surface area (TPSA) is 114 Å². The van der Waals surface area contributed by atoms with Crippen molar-refractivity contribution in [2.24, 2.45) is 0 Å². The van der Waals surface area contributed by atoms with E-state index in [1.165, 1.54) is 23.8 Å². The van der Waals surface area contributed by atoms with Gasteiger partial charge in [0, 0.05) is 47.3 Å². The molecule has 0 aliphatic carbocycles. The van der Waals surface area contributed by atoms with Crippen molar-refractivity contribution < 1.29 is 14.0 Å². The summed E-state index contributed by atoms with van der Waals surface area (Å²) >= 11 is 1.52. The number of anilines is 2. The molecule has 0 unspecified atom stereocenters. The van der Waals surface area contributed by atoms with Crippen LogP contribution in [-0.2, 0) is 23.1 Å². The van der Waals surface area contributed by atoms with E-state index in [-0.39, 0.29) is 17.2 Å². The average molecular weight is 510 g/mol. The molecule has 192 valence electrons. The second-order valence-electron chi connectivity index (χ2n) is 9.66. The third-order valence-corrected chi connectivity index (χ3v) is 6.56. The molecule has 3 aromatic rings. The molecule has 0 saturated carbocycles. The molecule has 0 atom stereocenters. The van der Waals surface area contributed by atoms with E-state index in [1.807, 2.05) is 17.3 Å². The molecule has 1 saturated heterocycles. The van der Waals surface area contributed by atoms with Gasteiger partial charge in [0.15, 0.2) is 11.0 Å². The highest BCUT2D eigenvalue weighted by atomic mass is 32.1. The maximum Gasteiger partial charge on any atom is 0.253 e. The molecule has 4 rings (SSSR count). The molecule has 9 heteroatoms. The number of hydrogen-bond acceptors (Lipinski definition) is 7. The number of rotatable bonds is 6. The van der Waals surface area contributed by atoms with Crippen LogP contribution in [0.4, 0.5) is 10.8 Å². The zero-order valence-corrected chi connectivity index (χ0v) is 22.1. The second kappa shape index (κ2) is 12.5. The summed E-state index contributed by atoms with van der Waals surface area (Å²) in [5.74, 6) is 1.52. The van der Waals surface area contributed by atoms with Gasteiger partial charge in [-0.2, -0.15) is 0 Å². The Kier molecular flexibility index (Phi) is 9.41. The summed E-state index contributed by atoms with van der Waals surface area (Å²) in [6.07, 6.45) is 9.88. The zero-order valence-electron chi connectivity index (χ0n) is 21.3. The molecule has 1 aromatic carbocycles. The van der Waals surface area contributed by atoms with E-state index in [0.717, 1.165) is 55.3 Å². The van der Waals surface area contributed by atoms with Crippen LogP contribution < -0.4 is 11.1 Å². The molecule has 0 radical (unpaired) electrons. The van der Waals surface area contributed by atoms with Gasteiger partial charge in [-0.15, -0.1) is 11.3 Å². The summed E-state index contributed by atoms with van der Waals surface area (Å²) in [4.78, 5) is 34.7. The fourth-order valence-corrected chi connectivity index (χ4v) is 4.29. The predicted octanol–water partition coefficient (Wildman–Crippen LogP) is 5.23. The lowest BCUT2D eigenvalue weighted by molar-refractivity contribution is -0.111. The van der Waals surface area contributed by atoms with Crippen molar-refractivity contribution in [1.29, 1.82) is 0 Å². The number of likely N-dealkylation sites (tertiary alicyclic amines) is 1. The minimum absolute atomic E-state index is 0.0141. The maximum atomic E-state index is 12.2. The molecule has 1 aliphatic rings. The molecule has 36 heavy (non-hydrogen) atoms. The highest BCUT2D eigenvalue weighted by Gasteiger charge is 2.19. The standard InChI is InChI=1S/C15H18N2O2.C12H17N3OS/c1-2-14(18)16-13-8-6-12(7-9-13)15(19)17-10-4-3-5-11-17;1-12(2,3)9-7-14-10(16-9)5-4-8-6-15-11(13)17-8/h2,6-9H,1,3-5,10-11H2,(H,16,18);6-7H,4-5H2,1-3H3,(H2,13,15). The van der Waals surface area contributed by atoms with Crippen molar-refractivity contribution in [3.8, 4) is 0 Å². The number of amides is 2. The summed E-state index contributed by atoms with van der Waals surface area (Å²) in [7, 11) is 0. The molecule has 3 N–H and O–H groups in total. The quantitative estimate of drug-likeness (QED) is 0.440. The van der Waals surface area contributed by atoms with Gasteiger partial charge in [0.25, 0.3) is 5.91 Å². The molecular formula is C27H35N5O3S. The van der Waals surface area contributed by atoms with E-state index < -0.39 is 0 Å². The molecule has 2 aromatic heterocycles. The molecule has 8 nitrogen and oxygen atoms in total. The lowest BCUT2D eigenvalue weighted by Crippen LogP contribution is -2.35. The van der Waals surface area contributed by atoms with Crippen LogP contribution in [0.25, 0.3) is 0 Å². The molecule has 2 amide bonds. The summed E-state index contributed by atoms with van der Waals surface area (Å²) in [5.41, 5.74) is 6.92. The van der Waals surface area contributed by atoms with Gasteiger partial charge in [-0.3, -0.25) is 9.59 Å². The Morgan fingerprint density at radius 2 is 1.81 bits per heavy atom. The molecule has 1 aliphatic heterocycles. The van der Waals surface area contributed by atoms with Crippen LogP contribution in [0.3, 0.4) is 0 Å². The molecule has 0 spiro atoms. The minimum Gasteiger partial charge on any atom is -0.445 e. The third-order valence-electron chi connectivity index (χ3n) is 5.68. The van der Waals surface area contributed by atoms with Gasteiger partial charge >= 0.3 is 0 Å². The van der Waals surface area contributed by atoms with Crippen LogP contribution in [0.2, 0.25) is 0 Å².